The fourth-order valence-electron chi connectivity index (χ4n) is 2.76. The number of nitrogens with one attached hydrogen (secondary N) is 1. The molecule has 0 heterocycles. The van der Waals surface area contributed by atoms with Crippen LogP contribution in [0.4, 0.5) is 5.69 Å². The van der Waals surface area contributed by atoms with Gasteiger partial charge in [0.15, 0.2) is 0 Å². The highest BCUT2D eigenvalue weighted by Crippen LogP contribution is 2.26. The van der Waals surface area contributed by atoms with Crippen molar-refractivity contribution in [3.8, 4) is 11.5 Å². The van der Waals surface area contributed by atoms with E-state index in [2.05, 4.69) is 28.2 Å². The second-order valence-electron chi connectivity index (χ2n) is 7.05. The van der Waals surface area contributed by atoms with Crippen molar-refractivity contribution in [2.75, 3.05) is 11.9 Å². The Morgan fingerprint density at radius 2 is 1.75 bits per heavy atom. The lowest BCUT2D eigenvalue weighted by Crippen LogP contribution is -2.15. The molecule has 0 unspecified atom stereocenters. The number of hydrogen-bond acceptors (Lipinski definition) is 3. The second kappa shape index (κ2) is 11.7. The van der Waals surface area contributed by atoms with Crippen LogP contribution in [0, 0.1) is 0 Å². The van der Waals surface area contributed by atoms with E-state index in [1.807, 2.05) is 44.2 Å². The third-order valence-corrected chi connectivity index (χ3v) is 4.67. The van der Waals surface area contributed by atoms with Crippen molar-refractivity contribution in [2.45, 2.75) is 59.0 Å². The molecule has 5 heteroatoms. The van der Waals surface area contributed by atoms with Gasteiger partial charge in [0.2, 0.25) is 0 Å². The first-order chi connectivity index (χ1) is 13.5. The Morgan fingerprint density at radius 1 is 1.04 bits per heavy atom. The van der Waals surface area contributed by atoms with E-state index < -0.39 is 0 Å². The minimum atomic E-state index is -0.207. The van der Waals surface area contributed by atoms with Crippen molar-refractivity contribution >= 4 is 27.5 Å². The number of anilines is 1. The maximum absolute atomic E-state index is 12.7. The van der Waals surface area contributed by atoms with Crippen molar-refractivity contribution in [3.05, 3.63) is 52.5 Å². The van der Waals surface area contributed by atoms with Gasteiger partial charge in [0.25, 0.3) is 5.91 Å². The van der Waals surface area contributed by atoms with Crippen LogP contribution in [0.1, 0.15) is 63.2 Å². The molecular formula is C23H30BrNO3. The molecule has 0 fully saturated rings. The van der Waals surface area contributed by atoms with Gasteiger partial charge in [-0.15, -0.1) is 0 Å². The summed E-state index contributed by atoms with van der Waals surface area (Å²) in [7, 11) is 0. The SMILES string of the molecule is CCCCCCCOc1ccc(NC(=O)c2cc(Br)ccc2OC(C)C)cc1. The van der Waals surface area contributed by atoms with E-state index in [1.54, 1.807) is 12.1 Å². The first-order valence-corrected chi connectivity index (χ1v) is 10.8. The minimum Gasteiger partial charge on any atom is -0.494 e. The Kier molecular flexibility index (Phi) is 9.35. The van der Waals surface area contributed by atoms with Crippen molar-refractivity contribution < 1.29 is 14.3 Å². The molecule has 152 valence electrons. The number of benzene rings is 2. The maximum atomic E-state index is 12.7. The van der Waals surface area contributed by atoms with Crippen molar-refractivity contribution in [1.29, 1.82) is 0 Å². The topological polar surface area (TPSA) is 47.6 Å². The molecule has 0 radical (unpaired) electrons. The molecule has 4 nitrogen and oxygen atoms in total. The summed E-state index contributed by atoms with van der Waals surface area (Å²) in [5, 5.41) is 2.92. The number of hydrogen-bond donors (Lipinski definition) is 1. The molecule has 0 aliphatic heterocycles. The average Bonchev–Trinajstić information content (AvgIpc) is 2.67. The number of rotatable bonds is 11. The van der Waals surface area contributed by atoms with Crippen LogP contribution >= 0.6 is 15.9 Å². The van der Waals surface area contributed by atoms with E-state index >= 15 is 0 Å². The molecule has 0 aromatic heterocycles. The number of ether oxygens (including phenoxy) is 2. The van der Waals surface area contributed by atoms with Crippen LogP contribution < -0.4 is 14.8 Å². The Labute approximate surface area is 176 Å². The molecule has 2 rings (SSSR count). The van der Waals surface area contributed by atoms with Gasteiger partial charge in [-0.3, -0.25) is 4.79 Å². The van der Waals surface area contributed by atoms with Gasteiger partial charge < -0.3 is 14.8 Å². The van der Waals surface area contributed by atoms with Crippen molar-refractivity contribution in [2.24, 2.45) is 0 Å². The summed E-state index contributed by atoms with van der Waals surface area (Å²) in [6, 6.07) is 12.9. The number of amides is 1. The minimum absolute atomic E-state index is 0.00821. The van der Waals surface area contributed by atoms with Gasteiger partial charge in [-0.25, -0.2) is 0 Å². The average molecular weight is 448 g/mol. The number of carbonyl (C=O) groups excluding carboxylic acids is 1. The van der Waals surface area contributed by atoms with Gasteiger partial charge in [-0.2, -0.15) is 0 Å². The van der Waals surface area contributed by atoms with Gasteiger partial charge in [0.1, 0.15) is 11.5 Å². The lowest BCUT2D eigenvalue weighted by Gasteiger charge is -2.15. The summed E-state index contributed by atoms with van der Waals surface area (Å²) < 4.78 is 12.4. The zero-order valence-electron chi connectivity index (χ0n) is 17.0. The van der Waals surface area contributed by atoms with Crippen LogP contribution in [-0.2, 0) is 0 Å². The monoisotopic (exact) mass is 447 g/mol. The summed E-state index contributed by atoms with van der Waals surface area (Å²) in [6.45, 7) is 6.81. The Morgan fingerprint density at radius 3 is 2.43 bits per heavy atom. The molecule has 1 amide bonds. The summed E-state index contributed by atoms with van der Waals surface area (Å²) in [4.78, 5) is 12.7. The van der Waals surface area contributed by atoms with E-state index in [-0.39, 0.29) is 12.0 Å². The standard InChI is InChI=1S/C23H30BrNO3/c1-4-5-6-7-8-15-27-20-12-10-19(11-13-20)25-23(26)21-16-18(24)9-14-22(21)28-17(2)3/h9-14,16-17H,4-8,15H2,1-3H3,(H,25,26). The molecule has 0 saturated heterocycles. The van der Waals surface area contributed by atoms with Crippen molar-refractivity contribution in [1.82, 2.24) is 0 Å². The summed E-state index contributed by atoms with van der Waals surface area (Å²) in [5.74, 6) is 1.18. The fourth-order valence-corrected chi connectivity index (χ4v) is 3.13. The van der Waals surface area contributed by atoms with E-state index in [4.69, 9.17) is 9.47 Å². The molecule has 0 spiro atoms. The third kappa shape index (κ3) is 7.55. The Hall–Kier alpha value is -2.01. The smallest absolute Gasteiger partial charge is 0.259 e. The zero-order chi connectivity index (χ0) is 20.4. The lowest BCUT2D eigenvalue weighted by molar-refractivity contribution is 0.102. The summed E-state index contributed by atoms with van der Waals surface area (Å²) >= 11 is 3.42. The molecule has 28 heavy (non-hydrogen) atoms. The van der Waals surface area contributed by atoms with Crippen LogP contribution in [0.15, 0.2) is 46.9 Å². The molecular weight excluding hydrogens is 418 g/mol. The molecule has 2 aromatic rings. The van der Waals surface area contributed by atoms with Crippen LogP contribution in [0.3, 0.4) is 0 Å². The van der Waals surface area contributed by atoms with E-state index in [9.17, 15) is 4.79 Å². The van der Waals surface area contributed by atoms with E-state index in [0.717, 1.165) is 28.9 Å². The molecule has 0 aliphatic rings. The molecule has 1 N–H and O–H groups in total. The van der Waals surface area contributed by atoms with Gasteiger partial charge in [-0.1, -0.05) is 48.5 Å². The van der Waals surface area contributed by atoms with Gasteiger partial charge in [0.05, 0.1) is 18.3 Å². The van der Waals surface area contributed by atoms with Gasteiger partial charge in [0, 0.05) is 10.2 Å². The highest BCUT2D eigenvalue weighted by molar-refractivity contribution is 9.10. The first-order valence-electron chi connectivity index (χ1n) is 10.00. The van der Waals surface area contributed by atoms with Gasteiger partial charge >= 0.3 is 0 Å². The number of carbonyl (C=O) groups is 1. The normalized spacial score (nSPS) is 10.8. The van der Waals surface area contributed by atoms with Crippen LogP contribution in [0.25, 0.3) is 0 Å². The molecule has 2 aromatic carbocycles. The predicted octanol–water partition coefficient (Wildman–Crippen LogP) is 6.84. The van der Waals surface area contributed by atoms with E-state index in [1.165, 1.54) is 25.7 Å². The zero-order valence-corrected chi connectivity index (χ0v) is 18.6. The van der Waals surface area contributed by atoms with Crippen molar-refractivity contribution in [3.63, 3.8) is 0 Å². The molecule has 0 saturated carbocycles. The lowest BCUT2D eigenvalue weighted by atomic mass is 10.1. The Balaban J connectivity index is 1.91. The highest BCUT2D eigenvalue weighted by Gasteiger charge is 2.15. The molecule has 0 atom stereocenters. The fraction of sp³-hybridized carbons (Fsp3) is 0.435. The predicted molar refractivity (Wildman–Crippen MR) is 119 cm³/mol. The maximum Gasteiger partial charge on any atom is 0.259 e. The van der Waals surface area contributed by atoms with Crippen LogP contribution in [0.2, 0.25) is 0 Å². The number of halogens is 1. The largest absolute Gasteiger partial charge is 0.494 e. The molecule has 0 aliphatic carbocycles. The summed E-state index contributed by atoms with van der Waals surface area (Å²) in [6.07, 6.45) is 6.07. The summed E-state index contributed by atoms with van der Waals surface area (Å²) in [5.41, 5.74) is 1.21. The van der Waals surface area contributed by atoms with Crippen LogP contribution in [-0.4, -0.2) is 18.6 Å². The number of unbranched alkanes of at least 4 members (excludes halogenated alkanes) is 4. The quantitative estimate of drug-likeness (QED) is 0.383. The third-order valence-electron chi connectivity index (χ3n) is 4.18. The Bertz CT molecular complexity index is 744. The second-order valence-corrected chi connectivity index (χ2v) is 7.96. The first kappa shape index (κ1) is 22.3. The van der Waals surface area contributed by atoms with E-state index in [0.29, 0.717) is 11.3 Å². The van der Waals surface area contributed by atoms with Crippen LogP contribution in [0.5, 0.6) is 11.5 Å². The highest BCUT2D eigenvalue weighted by atomic mass is 79.9. The molecule has 0 bridgehead atoms. The van der Waals surface area contributed by atoms with Gasteiger partial charge in [-0.05, 0) is 62.7 Å².